The number of rotatable bonds is 6. The molecule has 0 fully saturated rings. The summed E-state index contributed by atoms with van der Waals surface area (Å²) in [5.74, 6) is 1.07. The number of ether oxygens (including phenoxy) is 1. The van der Waals surface area contributed by atoms with Gasteiger partial charge >= 0.3 is 0 Å². The maximum atomic E-state index is 13.3. The summed E-state index contributed by atoms with van der Waals surface area (Å²) in [4.78, 5) is 8.92. The Morgan fingerprint density at radius 3 is 2.71 bits per heavy atom. The SMILES string of the molecule is Cc1nc(-c2ccccc2)c(Oc2ccnc(NCc3cccc(F)c3)c2)s1. The summed E-state index contributed by atoms with van der Waals surface area (Å²) >= 11 is 1.51. The van der Waals surface area contributed by atoms with E-state index in [4.69, 9.17) is 4.74 Å². The van der Waals surface area contributed by atoms with Crippen LogP contribution in [0.5, 0.6) is 10.8 Å². The second-order valence-electron chi connectivity index (χ2n) is 6.20. The summed E-state index contributed by atoms with van der Waals surface area (Å²) in [6.07, 6.45) is 1.68. The number of nitrogens with zero attached hydrogens (tertiary/aromatic N) is 2. The largest absolute Gasteiger partial charge is 0.444 e. The normalized spacial score (nSPS) is 10.6. The summed E-state index contributed by atoms with van der Waals surface area (Å²) in [5.41, 5.74) is 2.69. The number of hydrogen-bond acceptors (Lipinski definition) is 5. The fraction of sp³-hybridized carbons (Fsp3) is 0.0909. The lowest BCUT2D eigenvalue weighted by molar-refractivity contribution is 0.496. The van der Waals surface area contributed by atoms with Crippen molar-refractivity contribution in [2.75, 3.05) is 5.32 Å². The van der Waals surface area contributed by atoms with Gasteiger partial charge in [0.15, 0.2) is 0 Å². The van der Waals surface area contributed by atoms with Crippen LogP contribution in [-0.4, -0.2) is 9.97 Å². The predicted octanol–water partition coefficient (Wildman–Crippen LogP) is 6.06. The lowest BCUT2D eigenvalue weighted by Gasteiger charge is -2.09. The molecule has 0 radical (unpaired) electrons. The highest BCUT2D eigenvalue weighted by molar-refractivity contribution is 7.13. The number of nitrogens with one attached hydrogen (secondary N) is 1. The van der Waals surface area contributed by atoms with Crippen LogP contribution in [0.1, 0.15) is 10.6 Å². The Kier molecular flexibility index (Phi) is 5.30. The minimum absolute atomic E-state index is 0.252. The topological polar surface area (TPSA) is 47.0 Å². The van der Waals surface area contributed by atoms with Crippen LogP contribution in [0.25, 0.3) is 11.3 Å². The molecule has 4 rings (SSSR count). The van der Waals surface area contributed by atoms with Crippen molar-refractivity contribution < 1.29 is 9.13 Å². The van der Waals surface area contributed by atoms with Crippen LogP contribution in [0.2, 0.25) is 0 Å². The molecule has 4 nitrogen and oxygen atoms in total. The van der Waals surface area contributed by atoms with Gasteiger partial charge in [-0.3, -0.25) is 0 Å². The molecular weight excluding hydrogens is 373 g/mol. The zero-order valence-corrected chi connectivity index (χ0v) is 16.0. The second-order valence-corrected chi connectivity index (χ2v) is 7.36. The van der Waals surface area contributed by atoms with Crippen molar-refractivity contribution in [2.45, 2.75) is 13.5 Å². The third-order valence-corrected chi connectivity index (χ3v) is 4.90. The quantitative estimate of drug-likeness (QED) is 0.434. The van der Waals surface area contributed by atoms with E-state index in [9.17, 15) is 4.39 Å². The fourth-order valence-corrected chi connectivity index (χ4v) is 3.58. The number of hydrogen-bond donors (Lipinski definition) is 1. The Balaban J connectivity index is 1.51. The number of pyridine rings is 1. The Morgan fingerprint density at radius 2 is 1.89 bits per heavy atom. The molecule has 0 atom stereocenters. The number of anilines is 1. The summed E-state index contributed by atoms with van der Waals surface area (Å²) in [7, 11) is 0. The average Bonchev–Trinajstić information content (AvgIpc) is 3.07. The molecule has 4 aromatic rings. The smallest absolute Gasteiger partial charge is 0.208 e. The minimum atomic E-state index is -0.252. The molecule has 0 bridgehead atoms. The van der Waals surface area contributed by atoms with Crippen molar-refractivity contribution in [1.82, 2.24) is 9.97 Å². The molecule has 2 aromatic heterocycles. The van der Waals surface area contributed by atoms with E-state index >= 15 is 0 Å². The zero-order valence-electron chi connectivity index (χ0n) is 15.2. The third-order valence-electron chi connectivity index (χ3n) is 4.05. The van der Waals surface area contributed by atoms with Crippen molar-refractivity contribution in [3.63, 3.8) is 0 Å². The monoisotopic (exact) mass is 391 g/mol. The Bertz CT molecular complexity index is 1080. The van der Waals surface area contributed by atoms with Crippen molar-refractivity contribution in [3.05, 3.63) is 89.3 Å². The van der Waals surface area contributed by atoms with Crippen LogP contribution in [0.3, 0.4) is 0 Å². The van der Waals surface area contributed by atoms with E-state index in [2.05, 4.69) is 15.3 Å². The lowest BCUT2D eigenvalue weighted by atomic mass is 10.2. The zero-order chi connectivity index (χ0) is 19.3. The maximum Gasteiger partial charge on any atom is 0.208 e. The summed E-state index contributed by atoms with van der Waals surface area (Å²) in [6, 6.07) is 20.1. The van der Waals surface area contributed by atoms with Crippen molar-refractivity contribution in [1.29, 1.82) is 0 Å². The van der Waals surface area contributed by atoms with Crippen LogP contribution >= 0.6 is 11.3 Å². The molecule has 0 aliphatic rings. The maximum absolute atomic E-state index is 13.3. The van der Waals surface area contributed by atoms with Gasteiger partial charge in [-0.1, -0.05) is 53.8 Å². The fourth-order valence-electron chi connectivity index (χ4n) is 2.77. The molecule has 0 unspecified atom stereocenters. The van der Waals surface area contributed by atoms with E-state index in [0.717, 1.165) is 26.9 Å². The first-order chi connectivity index (χ1) is 13.7. The first-order valence-electron chi connectivity index (χ1n) is 8.82. The van der Waals surface area contributed by atoms with Crippen LogP contribution < -0.4 is 10.1 Å². The van der Waals surface area contributed by atoms with Gasteiger partial charge in [0, 0.05) is 24.4 Å². The van der Waals surface area contributed by atoms with Gasteiger partial charge in [-0.15, -0.1) is 0 Å². The summed E-state index contributed by atoms with van der Waals surface area (Å²) in [5, 5.41) is 4.87. The molecule has 28 heavy (non-hydrogen) atoms. The third kappa shape index (κ3) is 4.35. The van der Waals surface area contributed by atoms with Gasteiger partial charge in [-0.05, 0) is 30.7 Å². The van der Waals surface area contributed by atoms with Crippen molar-refractivity contribution >= 4 is 17.2 Å². The van der Waals surface area contributed by atoms with Crippen molar-refractivity contribution in [2.24, 2.45) is 0 Å². The Morgan fingerprint density at radius 1 is 1.04 bits per heavy atom. The molecule has 0 spiro atoms. The van der Waals surface area contributed by atoms with Crippen LogP contribution in [-0.2, 0) is 6.54 Å². The van der Waals surface area contributed by atoms with E-state index < -0.39 is 0 Å². The van der Waals surface area contributed by atoms with Crippen molar-refractivity contribution in [3.8, 4) is 22.1 Å². The predicted molar refractivity (Wildman–Crippen MR) is 110 cm³/mol. The van der Waals surface area contributed by atoms with E-state index in [0.29, 0.717) is 18.1 Å². The highest BCUT2D eigenvalue weighted by Crippen LogP contribution is 2.38. The lowest BCUT2D eigenvalue weighted by Crippen LogP contribution is -2.01. The van der Waals surface area contributed by atoms with Gasteiger partial charge in [0.25, 0.3) is 0 Å². The number of benzene rings is 2. The average molecular weight is 391 g/mol. The Hall–Kier alpha value is -3.25. The molecule has 0 saturated heterocycles. The van der Waals surface area contributed by atoms with Gasteiger partial charge in [0.05, 0.1) is 5.01 Å². The number of thiazole rings is 1. The molecular formula is C22H18FN3OS. The summed E-state index contributed by atoms with van der Waals surface area (Å²) in [6.45, 7) is 2.44. The molecule has 1 N–H and O–H groups in total. The number of aryl methyl sites for hydroxylation is 1. The molecule has 0 aliphatic carbocycles. The standard InChI is InChI=1S/C22H18FN3OS/c1-15-26-21(17-7-3-2-4-8-17)22(28-15)27-19-10-11-24-20(13-19)25-14-16-6-5-9-18(23)12-16/h2-13H,14H2,1H3,(H,24,25). The Labute approximate surface area is 166 Å². The highest BCUT2D eigenvalue weighted by Gasteiger charge is 2.13. The summed E-state index contributed by atoms with van der Waals surface area (Å²) < 4.78 is 19.4. The van der Waals surface area contributed by atoms with Crippen LogP contribution in [0, 0.1) is 12.7 Å². The van der Waals surface area contributed by atoms with Gasteiger partial charge in [-0.2, -0.15) is 0 Å². The van der Waals surface area contributed by atoms with Gasteiger partial charge in [0.1, 0.15) is 23.1 Å². The van der Waals surface area contributed by atoms with Gasteiger partial charge in [-0.25, -0.2) is 14.4 Å². The second kappa shape index (κ2) is 8.19. The van der Waals surface area contributed by atoms with Gasteiger partial charge in [0.2, 0.25) is 5.06 Å². The first-order valence-corrected chi connectivity index (χ1v) is 9.64. The molecule has 140 valence electrons. The van der Waals surface area contributed by atoms with E-state index in [1.165, 1.54) is 23.5 Å². The minimum Gasteiger partial charge on any atom is -0.444 e. The molecule has 6 heteroatoms. The van der Waals surface area contributed by atoms with Gasteiger partial charge < -0.3 is 10.1 Å². The molecule has 2 aromatic carbocycles. The molecule has 0 amide bonds. The number of aromatic nitrogens is 2. The first kappa shape index (κ1) is 18.1. The van der Waals surface area contributed by atoms with E-state index in [1.807, 2.05) is 49.4 Å². The highest BCUT2D eigenvalue weighted by atomic mass is 32.1. The number of halogens is 1. The van der Waals surface area contributed by atoms with E-state index in [1.54, 1.807) is 18.3 Å². The van der Waals surface area contributed by atoms with E-state index in [-0.39, 0.29) is 5.82 Å². The molecule has 2 heterocycles. The molecule has 0 saturated carbocycles. The molecule has 0 aliphatic heterocycles. The van der Waals surface area contributed by atoms with Crippen LogP contribution in [0.15, 0.2) is 72.9 Å². The van der Waals surface area contributed by atoms with Crippen LogP contribution in [0.4, 0.5) is 10.2 Å².